The molecule has 1 fully saturated rings. The molecule has 1 saturated heterocycles. The number of hydrogen-bond donors (Lipinski definition) is 1. The Kier molecular flexibility index (Phi) is 7.06. The topological polar surface area (TPSA) is 66.8 Å². The van der Waals surface area contributed by atoms with Gasteiger partial charge in [0.15, 0.2) is 0 Å². The number of carbonyl (C=O) groups excluding carboxylic acids is 1. The zero-order chi connectivity index (χ0) is 20.8. The summed E-state index contributed by atoms with van der Waals surface area (Å²) < 4.78 is 5.82. The molecule has 0 saturated carbocycles. The van der Waals surface area contributed by atoms with E-state index >= 15 is 0 Å². The van der Waals surface area contributed by atoms with E-state index in [2.05, 4.69) is 0 Å². The lowest BCUT2D eigenvalue weighted by Gasteiger charge is -2.23. The average molecular weight is 428 g/mol. The van der Waals surface area contributed by atoms with E-state index < -0.39 is 12.0 Å². The SMILES string of the molecule is CCCOc1ccc(/C=C2\SC(=S)N(C(Cc3ccccc3)C(=O)O)C2=O)cc1. The molecule has 0 spiro atoms. The molecule has 5 nitrogen and oxygen atoms in total. The third-order valence-electron chi connectivity index (χ3n) is 4.34. The van der Waals surface area contributed by atoms with Crippen molar-refractivity contribution >= 4 is 46.3 Å². The van der Waals surface area contributed by atoms with Crippen molar-refractivity contribution in [3.05, 3.63) is 70.6 Å². The number of thioether (sulfide) groups is 1. The van der Waals surface area contributed by atoms with Crippen LogP contribution in [0, 0.1) is 0 Å². The molecule has 29 heavy (non-hydrogen) atoms. The molecule has 150 valence electrons. The van der Waals surface area contributed by atoms with Crippen LogP contribution in [0.5, 0.6) is 5.75 Å². The second kappa shape index (κ2) is 9.71. The Morgan fingerprint density at radius 1 is 1.21 bits per heavy atom. The third-order valence-corrected chi connectivity index (χ3v) is 5.67. The Labute approximate surface area is 179 Å². The lowest BCUT2D eigenvalue weighted by Crippen LogP contribution is -2.45. The van der Waals surface area contributed by atoms with Crippen LogP contribution in [-0.2, 0) is 16.0 Å². The van der Waals surface area contributed by atoms with Gasteiger partial charge < -0.3 is 9.84 Å². The summed E-state index contributed by atoms with van der Waals surface area (Å²) in [7, 11) is 0. The predicted molar refractivity (Wildman–Crippen MR) is 119 cm³/mol. The molecule has 0 radical (unpaired) electrons. The largest absolute Gasteiger partial charge is 0.494 e. The van der Waals surface area contributed by atoms with Crippen LogP contribution in [-0.4, -0.2) is 38.9 Å². The summed E-state index contributed by atoms with van der Waals surface area (Å²) in [4.78, 5) is 26.4. The van der Waals surface area contributed by atoms with E-state index in [9.17, 15) is 14.7 Å². The highest BCUT2D eigenvalue weighted by Crippen LogP contribution is 2.35. The summed E-state index contributed by atoms with van der Waals surface area (Å²) in [6, 6.07) is 15.6. The first-order chi connectivity index (χ1) is 14.0. The van der Waals surface area contributed by atoms with E-state index in [1.165, 1.54) is 4.90 Å². The van der Waals surface area contributed by atoms with Crippen molar-refractivity contribution in [3.63, 3.8) is 0 Å². The molecule has 2 aromatic carbocycles. The molecule has 2 aromatic rings. The number of thiocarbonyl (C=S) groups is 1. The standard InChI is InChI=1S/C22H21NO4S2/c1-2-12-27-17-10-8-16(9-11-17)14-19-20(24)23(22(28)29-19)18(21(25)26)13-15-6-4-3-5-7-15/h3-11,14,18H,2,12-13H2,1H3,(H,25,26)/b19-14-. The van der Waals surface area contributed by atoms with Crippen LogP contribution in [0.15, 0.2) is 59.5 Å². The zero-order valence-electron chi connectivity index (χ0n) is 15.9. The van der Waals surface area contributed by atoms with Gasteiger partial charge in [-0.2, -0.15) is 0 Å². The van der Waals surface area contributed by atoms with E-state index in [-0.39, 0.29) is 16.6 Å². The summed E-state index contributed by atoms with van der Waals surface area (Å²) in [6.45, 7) is 2.69. The van der Waals surface area contributed by atoms with Crippen LogP contribution in [0.3, 0.4) is 0 Å². The van der Waals surface area contributed by atoms with Gasteiger partial charge in [-0.15, -0.1) is 0 Å². The Morgan fingerprint density at radius 3 is 2.52 bits per heavy atom. The zero-order valence-corrected chi connectivity index (χ0v) is 17.5. The average Bonchev–Trinajstić information content (AvgIpc) is 2.99. The normalized spacial score (nSPS) is 16.3. The molecule has 7 heteroatoms. The first-order valence-corrected chi connectivity index (χ1v) is 10.5. The Bertz CT molecular complexity index is 926. The number of carboxylic acid groups (broad SMARTS) is 1. The summed E-state index contributed by atoms with van der Waals surface area (Å²) in [6.07, 6.45) is 2.85. The fourth-order valence-corrected chi connectivity index (χ4v) is 4.26. The van der Waals surface area contributed by atoms with E-state index in [0.717, 1.165) is 35.1 Å². The fourth-order valence-electron chi connectivity index (χ4n) is 2.91. The van der Waals surface area contributed by atoms with Gasteiger partial charge in [0.2, 0.25) is 0 Å². The number of rotatable bonds is 8. The molecule has 1 heterocycles. The molecule has 1 N–H and O–H groups in total. The quantitative estimate of drug-likeness (QED) is 0.498. The second-order valence-corrected chi connectivity index (χ2v) is 8.19. The molecule has 1 atom stereocenters. The molecule has 0 aliphatic carbocycles. The number of nitrogens with zero attached hydrogens (tertiary/aromatic N) is 1. The number of aliphatic carboxylic acids is 1. The van der Waals surface area contributed by atoms with Crippen molar-refractivity contribution in [3.8, 4) is 5.75 Å². The number of carbonyl (C=O) groups is 2. The maximum Gasteiger partial charge on any atom is 0.327 e. The molecule has 1 amide bonds. The van der Waals surface area contributed by atoms with Crippen LogP contribution in [0.25, 0.3) is 6.08 Å². The second-order valence-electron chi connectivity index (χ2n) is 6.51. The molecule has 0 bridgehead atoms. The number of hydrogen-bond acceptors (Lipinski definition) is 5. The summed E-state index contributed by atoms with van der Waals surface area (Å²) in [5, 5.41) is 9.71. The highest BCUT2D eigenvalue weighted by Gasteiger charge is 2.40. The predicted octanol–water partition coefficient (Wildman–Crippen LogP) is 4.37. The van der Waals surface area contributed by atoms with Gasteiger partial charge in [0.05, 0.1) is 11.5 Å². The van der Waals surface area contributed by atoms with Crippen molar-refractivity contribution < 1.29 is 19.4 Å². The molecule has 0 aromatic heterocycles. The summed E-state index contributed by atoms with van der Waals surface area (Å²) in [5.74, 6) is -0.691. The van der Waals surface area contributed by atoms with Crippen molar-refractivity contribution in [2.24, 2.45) is 0 Å². The maximum absolute atomic E-state index is 12.9. The minimum Gasteiger partial charge on any atom is -0.494 e. The Hall–Kier alpha value is -2.64. The van der Waals surface area contributed by atoms with Crippen molar-refractivity contribution in [1.82, 2.24) is 4.90 Å². The first-order valence-electron chi connectivity index (χ1n) is 9.26. The lowest BCUT2D eigenvalue weighted by atomic mass is 10.0. The smallest absolute Gasteiger partial charge is 0.327 e. The van der Waals surface area contributed by atoms with Gasteiger partial charge in [0.1, 0.15) is 16.1 Å². The minimum atomic E-state index is -1.08. The number of benzene rings is 2. The number of amides is 1. The van der Waals surface area contributed by atoms with Gasteiger partial charge in [-0.3, -0.25) is 9.69 Å². The third kappa shape index (κ3) is 5.25. The van der Waals surface area contributed by atoms with Gasteiger partial charge >= 0.3 is 5.97 Å². The van der Waals surface area contributed by atoms with Gasteiger partial charge in [-0.25, -0.2) is 4.79 Å². The lowest BCUT2D eigenvalue weighted by molar-refractivity contribution is -0.145. The van der Waals surface area contributed by atoms with Crippen LogP contribution in [0.1, 0.15) is 24.5 Å². The molecule has 1 unspecified atom stereocenters. The monoisotopic (exact) mass is 427 g/mol. The number of carboxylic acids is 1. The van der Waals surface area contributed by atoms with Gasteiger partial charge in [-0.05, 0) is 35.8 Å². The highest BCUT2D eigenvalue weighted by atomic mass is 32.2. The van der Waals surface area contributed by atoms with E-state index in [0.29, 0.717) is 11.5 Å². The van der Waals surface area contributed by atoms with E-state index in [4.69, 9.17) is 17.0 Å². The molecular weight excluding hydrogens is 406 g/mol. The van der Waals surface area contributed by atoms with Gasteiger partial charge in [0, 0.05) is 6.42 Å². The molecular formula is C22H21NO4S2. The fraction of sp³-hybridized carbons (Fsp3) is 0.227. The van der Waals surface area contributed by atoms with Crippen molar-refractivity contribution in [2.45, 2.75) is 25.8 Å². The van der Waals surface area contributed by atoms with Crippen molar-refractivity contribution in [2.75, 3.05) is 6.61 Å². The highest BCUT2D eigenvalue weighted by molar-refractivity contribution is 8.26. The van der Waals surface area contributed by atoms with E-state index in [1.54, 1.807) is 6.08 Å². The summed E-state index contributed by atoms with van der Waals surface area (Å²) in [5.41, 5.74) is 1.66. The first kappa shape index (κ1) is 21.1. The van der Waals surface area contributed by atoms with Crippen LogP contribution >= 0.6 is 24.0 Å². The molecule has 1 aliphatic heterocycles. The molecule has 3 rings (SSSR count). The van der Waals surface area contributed by atoms with Crippen LogP contribution in [0.4, 0.5) is 0 Å². The summed E-state index contributed by atoms with van der Waals surface area (Å²) >= 11 is 6.46. The molecule has 1 aliphatic rings. The maximum atomic E-state index is 12.9. The van der Waals surface area contributed by atoms with Crippen LogP contribution in [0.2, 0.25) is 0 Å². The minimum absolute atomic E-state index is 0.194. The Balaban J connectivity index is 1.78. The van der Waals surface area contributed by atoms with Crippen molar-refractivity contribution in [1.29, 1.82) is 0 Å². The van der Waals surface area contributed by atoms with Gasteiger partial charge in [-0.1, -0.05) is 73.4 Å². The van der Waals surface area contributed by atoms with E-state index in [1.807, 2.05) is 61.5 Å². The number of ether oxygens (including phenoxy) is 1. The Morgan fingerprint density at radius 2 is 1.90 bits per heavy atom. The van der Waals surface area contributed by atoms with Crippen LogP contribution < -0.4 is 4.74 Å². The van der Waals surface area contributed by atoms with Gasteiger partial charge in [0.25, 0.3) is 5.91 Å².